The molecule has 3 N–H and O–H groups in total. The first-order valence-corrected chi connectivity index (χ1v) is 5.82. The van der Waals surface area contributed by atoms with E-state index in [2.05, 4.69) is 0 Å². The van der Waals surface area contributed by atoms with E-state index in [0.717, 1.165) is 0 Å². The molecule has 4 nitrogen and oxygen atoms in total. The molecule has 17 heavy (non-hydrogen) atoms. The van der Waals surface area contributed by atoms with E-state index in [1.807, 2.05) is 19.1 Å². The number of para-hydroxylation sites is 1. The predicted octanol–water partition coefficient (Wildman–Crippen LogP) is 1.11. The van der Waals surface area contributed by atoms with Crippen LogP contribution in [0.1, 0.15) is 25.0 Å². The molecule has 1 rings (SSSR count). The van der Waals surface area contributed by atoms with Gasteiger partial charge in [-0.1, -0.05) is 25.1 Å². The van der Waals surface area contributed by atoms with Gasteiger partial charge in [0.15, 0.2) is 0 Å². The van der Waals surface area contributed by atoms with E-state index in [4.69, 9.17) is 14.9 Å². The minimum atomic E-state index is -0.669. The maximum Gasteiger partial charge on any atom is 0.125 e. The van der Waals surface area contributed by atoms with Gasteiger partial charge >= 0.3 is 0 Å². The van der Waals surface area contributed by atoms with Gasteiger partial charge in [-0.25, -0.2) is 0 Å². The van der Waals surface area contributed by atoms with Crippen molar-refractivity contribution in [1.82, 2.24) is 0 Å². The second-order valence-corrected chi connectivity index (χ2v) is 4.04. The Hall–Kier alpha value is -1.10. The third-order valence-corrected chi connectivity index (χ3v) is 2.71. The highest BCUT2D eigenvalue weighted by Crippen LogP contribution is 2.31. The quantitative estimate of drug-likeness (QED) is 0.667. The Morgan fingerprint density at radius 1 is 1.18 bits per heavy atom. The van der Waals surface area contributed by atoms with Gasteiger partial charge in [0.2, 0.25) is 0 Å². The molecule has 0 radical (unpaired) electrons. The van der Waals surface area contributed by atoms with Crippen LogP contribution in [0.15, 0.2) is 24.3 Å². The number of rotatable bonds is 7. The molecule has 0 aliphatic heterocycles. The SMILES string of the molecule is C[C@H](CCO)[C@@H](O)c1ccccc1OCCO. The Morgan fingerprint density at radius 3 is 2.53 bits per heavy atom. The number of benzene rings is 1. The summed E-state index contributed by atoms with van der Waals surface area (Å²) in [4.78, 5) is 0. The Balaban J connectivity index is 2.80. The number of ether oxygens (including phenoxy) is 1. The van der Waals surface area contributed by atoms with Crippen LogP contribution in [0, 0.1) is 5.92 Å². The van der Waals surface area contributed by atoms with E-state index in [1.54, 1.807) is 12.1 Å². The molecule has 0 fully saturated rings. The fourth-order valence-electron chi connectivity index (χ4n) is 1.68. The first-order chi connectivity index (χ1) is 8.20. The Labute approximate surface area is 101 Å². The first kappa shape index (κ1) is 14.0. The lowest BCUT2D eigenvalue weighted by atomic mass is 9.94. The fraction of sp³-hybridized carbons (Fsp3) is 0.538. The highest BCUT2D eigenvalue weighted by molar-refractivity contribution is 5.35. The molecule has 1 aromatic carbocycles. The van der Waals surface area contributed by atoms with Gasteiger partial charge in [-0.3, -0.25) is 0 Å². The third-order valence-electron chi connectivity index (χ3n) is 2.71. The van der Waals surface area contributed by atoms with E-state index in [9.17, 15) is 5.11 Å². The van der Waals surface area contributed by atoms with E-state index in [1.165, 1.54) is 0 Å². The highest BCUT2D eigenvalue weighted by Gasteiger charge is 2.19. The zero-order valence-corrected chi connectivity index (χ0v) is 10.0. The van der Waals surface area contributed by atoms with Crippen molar-refractivity contribution in [2.24, 2.45) is 5.92 Å². The molecule has 0 aromatic heterocycles. The van der Waals surface area contributed by atoms with Crippen LogP contribution in [0.4, 0.5) is 0 Å². The maximum absolute atomic E-state index is 10.1. The predicted molar refractivity (Wildman–Crippen MR) is 64.8 cm³/mol. The van der Waals surface area contributed by atoms with Gasteiger partial charge in [-0.15, -0.1) is 0 Å². The van der Waals surface area contributed by atoms with Crippen LogP contribution in [0.25, 0.3) is 0 Å². The zero-order valence-electron chi connectivity index (χ0n) is 10.0. The minimum Gasteiger partial charge on any atom is -0.491 e. The molecule has 1 aromatic rings. The number of hydrogen-bond acceptors (Lipinski definition) is 4. The topological polar surface area (TPSA) is 69.9 Å². The molecule has 0 heterocycles. The van der Waals surface area contributed by atoms with E-state index < -0.39 is 6.10 Å². The molecule has 0 bridgehead atoms. The van der Waals surface area contributed by atoms with Crippen molar-refractivity contribution in [3.05, 3.63) is 29.8 Å². The molecule has 0 spiro atoms. The van der Waals surface area contributed by atoms with Gasteiger partial charge in [0, 0.05) is 12.2 Å². The van der Waals surface area contributed by atoms with E-state index in [0.29, 0.717) is 17.7 Å². The van der Waals surface area contributed by atoms with Crippen molar-refractivity contribution < 1.29 is 20.1 Å². The van der Waals surface area contributed by atoms with Crippen molar-refractivity contribution in [3.63, 3.8) is 0 Å². The molecule has 0 aliphatic rings. The van der Waals surface area contributed by atoms with Crippen LogP contribution in [0.5, 0.6) is 5.75 Å². The van der Waals surface area contributed by atoms with E-state index in [-0.39, 0.29) is 25.7 Å². The Morgan fingerprint density at radius 2 is 1.88 bits per heavy atom. The summed E-state index contributed by atoms with van der Waals surface area (Å²) in [5.41, 5.74) is 0.696. The second-order valence-electron chi connectivity index (χ2n) is 4.04. The van der Waals surface area contributed by atoms with Gasteiger partial charge in [0.1, 0.15) is 12.4 Å². The van der Waals surface area contributed by atoms with Gasteiger partial charge < -0.3 is 20.1 Å². The Kier molecular flexibility index (Phi) is 5.97. The van der Waals surface area contributed by atoms with Crippen LogP contribution >= 0.6 is 0 Å². The van der Waals surface area contributed by atoms with Crippen molar-refractivity contribution in [1.29, 1.82) is 0 Å². The summed E-state index contributed by atoms with van der Waals surface area (Å²) in [5.74, 6) is 0.540. The highest BCUT2D eigenvalue weighted by atomic mass is 16.5. The molecular weight excluding hydrogens is 220 g/mol. The molecular formula is C13H20O4. The largest absolute Gasteiger partial charge is 0.491 e. The normalized spacial score (nSPS) is 14.4. The van der Waals surface area contributed by atoms with Crippen molar-refractivity contribution in [2.45, 2.75) is 19.4 Å². The summed E-state index contributed by atoms with van der Waals surface area (Å²) >= 11 is 0. The van der Waals surface area contributed by atoms with E-state index >= 15 is 0 Å². The maximum atomic E-state index is 10.1. The summed E-state index contributed by atoms with van der Waals surface area (Å²) < 4.78 is 5.36. The lowest BCUT2D eigenvalue weighted by Crippen LogP contribution is -2.13. The number of hydrogen-bond donors (Lipinski definition) is 3. The molecule has 0 saturated heterocycles. The lowest BCUT2D eigenvalue weighted by Gasteiger charge is -2.21. The molecule has 0 saturated carbocycles. The van der Waals surface area contributed by atoms with Gasteiger partial charge in [0.25, 0.3) is 0 Å². The standard InChI is InChI=1S/C13H20O4/c1-10(6-7-14)13(16)11-4-2-3-5-12(11)17-9-8-15/h2-5,10,13-16H,6-9H2,1H3/t10-,13-/m1/s1. The van der Waals surface area contributed by atoms with Crippen LogP contribution in [-0.2, 0) is 0 Å². The Bertz CT molecular complexity index is 327. The molecule has 0 aliphatic carbocycles. The number of aliphatic hydroxyl groups is 3. The summed E-state index contributed by atoms with van der Waals surface area (Å²) in [7, 11) is 0. The van der Waals surface area contributed by atoms with Crippen molar-refractivity contribution >= 4 is 0 Å². The van der Waals surface area contributed by atoms with Gasteiger partial charge in [0.05, 0.1) is 12.7 Å². The molecule has 0 amide bonds. The summed E-state index contributed by atoms with van der Waals surface area (Å²) in [5, 5.41) is 27.7. The molecule has 0 unspecified atom stereocenters. The summed E-state index contributed by atoms with van der Waals surface area (Å²) in [6, 6.07) is 7.21. The minimum absolute atomic E-state index is 0.0427. The fourth-order valence-corrected chi connectivity index (χ4v) is 1.68. The number of aliphatic hydroxyl groups excluding tert-OH is 3. The second kappa shape index (κ2) is 7.27. The molecule has 4 heteroatoms. The molecule has 2 atom stereocenters. The average molecular weight is 240 g/mol. The monoisotopic (exact) mass is 240 g/mol. The van der Waals surface area contributed by atoms with Crippen molar-refractivity contribution in [3.8, 4) is 5.75 Å². The summed E-state index contributed by atoms with van der Waals surface area (Å²) in [6.45, 7) is 2.08. The lowest BCUT2D eigenvalue weighted by molar-refractivity contribution is 0.0945. The van der Waals surface area contributed by atoms with Gasteiger partial charge in [-0.2, -0.15) is 0 Å². The third kappa shape index (κ3) is 4.00. The molecule has 96 valence electrons. The van der Waals surface area contributed by atoms with Crippen LogP contribution in [0.2, 0.25) is 0 Å². The first-order valence-electron chi connectivity index (χ1n) is 5.82. The summed E-state index contributed by atoms with van der Waals surface area (Å²) in [6.07, 6.45) is -0.132. The van der Waals surface area contributed by atoms with Crippen LogP contribution < -0.4 is 4.74 Å². The van der Waals surface area contributed by atoms with Gasteiger partial charge in [-0.05, 0) is 18.4 Å². The van der Waals surface area contributed by atoms with Crippen LogP contribution in [-0.4, -0.2) is 35.1 Å². The average Bonchev–Trinajstić information content (AvgIpc) is 2.36. The van der Waals surface area contributed by atoms with Crippen molar-refractivity contribution in [2.75, 3.05) is 19.8 Å². The smallest absolute Gasteiger partial charge is 0.125 e. The zero-order chi connectivity index (χ0) is 12.7. The van der Waals surface area contributed by atoms with Crippen LogP contribution in [0.3, 0.4) is 0 Å².